The molecule has 0 aliphatic heterocycles. The van der Waals surface area contributed by atoms with Crippen molar-refractivity contribution in [1.29, 1.82) is 0 Å². The number of hydrogen-bond acceptors (Lipinski definition) is 6. The van der Waals surface area contributed by atoms with Gasteiger partial charge >= 0.3 is 0 Å². The van der Waals surface area contributed by atoms with Gasteiger partial charge < -0.3 is 19.7 Å². The van der Waals surface area contributed by atoms with Crippen LogP contribution in [0.4, 0.5) is 5.69 Å². The molecule has 2 amide bonds. The van der Waals surface area contributed by atoms with Gasteiger partial charge in [0.15, 0.2) is 11.5 Å². The molecule has 48 heavy (non-hydrogen) atoms. The summed E-state index contributed by atoms with van der Waals surface area (Å²) in [6.07, 6.45) is 0.137. The van der Waals surface area contributed by atoms with Crippen LogP contribution in [0.15, 0.2) is 102 Å². The highest BCUT2D eigenvalue weighted by atomic mass is 35.5. The molecule has 0 spiro atoms. The minimum absolute atomic E-state index is 0.0282. The minimum Gasteiger partial charge on any atom is -0.493 e. The molecule has 4 rings (SSSR count). The van der Waals surface area contributed by atoms with Crippen LogP contribution in [-0.2, 0) is 32.6 Å². The number of sulfonamides is 1. The highest BCUT2D eigenvalue weighted by Crippen LogP contribution is 2.34. The number of rotatable bonds is 13. The summed E-state index contributed by atoms with van der Waals surface area (Å²) in [6.45, 7) is 4.69. The zero-order valence-corrected chi connectivity index (χ0v) is 29.8. The first kappa shape index (κ1) is 36.6. The highest BCUT2D eigenvalue weighted by molar-refractivity contribution is 7.92. The maximum Gasteiger partial charge on any atom is 0.264 e. The SMILES string of the molecule is COc1ccc(N(CC(=O)N(Cc2c(Cl)cccc2Cl)C(Cc2ccccc2)C(=O)NC(C)(C)C)S(=O)(=O)c2ccccc2)cc1OC. The number of hydrogen-bond donors (Lipinski definition) is 1. The van der Waals surface area contributed by atoms with Crippen LogP contribution < -0.4 is 19.1 Å². The van der Waals surface area contributed by atoms with Crippen molar-refractivity contribution in [3.63, 3.8) is 0 Å². The van der Waals surface area contributed by atoms with Crippen molar-refractivity contribution in [3.8, 4) is 11.5 Å². The fourth-order valence-corrected chi connectivity index (χ4v) is 7.03. The number of nitrogens with zero attached hydrogens (tertiary/aromatic N) is 2. The lowest BCUT2D eigenvalue weighted by molar-refractivity contribution is -0.140. The lowest BCUT2D eigenvalue weighted by atomic mass is 10.0. The van der Waals surface area contributed by atoms with E-state index in [-0.39, 0.29) is 29.3 Å². The summed E-state index contributed by atoms with van der Waals surface area (Å²) in [5.74, 6) is -0.444. The normalized spacial score (nSPS) is 12.1. The van der Waals surface area contributed by atoms with Crippen molar-refractivity contribution in [2.24, 2.45) is 0 Å². The van der Waals surface area contributed by atoms with Gasteiger partial charge in [-0.3, -0.25) is 13.9 Å². The number of carbonyl (C=O) groups is 2. The van der Waals surface area contributed by atoms with Crippen LogP contribution in [0.5, 0.6) is 11.5 Å². The number of nitrogens with one attached hydrogen (secondary N) is 1. The predicted octanol–water partition coefficient (Wildman–Crippen LogP) is 6.76. The molecule has 0 bridgehead atoms. The first-order chi connectivity index (χ1) is 22.7. The first-order valence-electron chi connectivity index (χ1n) is 15.1. The molecule has 0 aromatic heterocycles. The van der Waals surface area contributed by atoms with Gasteiger partial charge in [0.1, 0.15) is 12.6 Å². The van der Waals surface area contributed by atoms with Gasteiger partial charge in [-0.05, 0) is 62.7 Å². The third-order valence-electron chi connectivity index (χ3n) is 7.42. The van der Waals surface area contributed by atoms with Crippen molar-refractivity contribution >= 4 is 50.7 Å². The molecule has 9 nitrogen and oxygen atoms in total. The molecule has 0 aliphatic carbocycles. The summed E-state index contributed by atoms with van der Waals surface area (Å²) in [7, 11) is -1.42. The van der Waals surface area contributed by atoms with Crippen LogP contribution in [-0.4, -0.2) is 57.5 Å². The van der Waals surface area contributed by atoms with Gasteiger partial charge in [0.2, 0.25) is 11.8 Å². The smallest absolute Gasteiger partial charge is 0.264 e. The second-order valence-electron chi connectivity index (χ2n) is 12.0. The molecule has 4 aromatic carbocycles. The summed E-state index contributed by atoms with van der Waals surface area (Å²) in [6, 6.07) is 25.5. The Morgan fingerprint density at radius 1 is 0.812 bits per heavy atom. The minimum atomic E-state index is -4.31. The molecule has 4 aromatic rings. The Kier molecular flexibility index (Phi) is 12.0. The van der Waals surface area contributed by atoms with E-state index >= 15 is 0 Å². The standard InChI is InChI=1S/C36H39Cl2N3O6S/c1-36(2,3)39-35(43)31(21-25-13-8-6-9-14-25)40(23-28-29(37)17-12-18-30(28)38)34(42)24-41(48(44,45)27-15-10-7-11-16-27)26-19-20-32(46-4)33(22-26)47-5/h6-20,22,31H,21,23-24H2,1-5H3,(H,39,43). The van der Waals surface area contributed by atoms with Gasteiger partial charge in [0.25, 0.3) is 10.0 Å². The number of halogens is 2. The van der Waals surface area contributed by atoms with Gasteiger partial charge in [0, 0.05) is 40.2 Å². The molecule has 254 valence electrons. The molecule has 0 heterocycles. The molecule has 1 N–H and O–H groups in total. The van der Waals surface area contributed by atoms with E-state index in [0.29, 0.717) is 21.4 Å². The average Bonchev–Trinajstić information content (AvgIpc) is 3.06. The molecular formula is C36H39Cl2N3O6S. The Hall–Kier alpha value is -4.25. The second-order valence-corrected chi connectivity index (χ2v) is 14.7. The van der Waals surface area contributed by atoms with Crippen molar-refractivity contribution in [1.82, 2.24) is 10.2 Å². The summed E-state index contributed by atoms with van der Waals surface area (Å²) >= 11 is 13.2. The van der Waals surface area contributed by atoms with Crippen LogP contribution in [0.1, 0.15) is 31.9 Å². The maximum absolute atomic E-state index is 14.7. The lowest BCUT2D eigenvalue weighted by Gasteiger charge is -2.35. The van der Waals surface area contributed by atoms with E-state index in [2.05, 4.69) is 5.32 Å². The van der Waals surface area contributed by atoms with Gasteiger partial charge in [-0.15, -0.1) is 0 Å². The van der Waals surface area contributed by atoms with Crippen molar-refractivity contribution in [2.75, 3.05) is 25.1 Å². The van der Waals surface area contributed by atoms with Crippen LogP contribution in [0.25, 0.3) is 0 Å². The predicted molar refractivity (Wildman–Crippen MR) is 189 cm³/mol. The van der Waals surface area contributed by atoms with Crippen molar-refractivity contribution in [3.05, 3.63) is 118 Å². The number of methoxy groups -OCH3 is 2. The van der Waals surface area contributed by atoms with Gasteiger partial charge in [-0.25, -0.2) is 8.42 Å². The van der Waals surface area contributed by atoms with E-state index in [0.717, 1.165) is 9.87 Å². The highest BCUT2D eigenvalue weighted by Gasteiger charge is 2.36. The monoisotopic (exact) mass is 711 g/mol. The second kappa shape index (κ2) is 15.8. The van der Waals surface area contributed by atoms with E-state index < -0.39 is 40.0 Å². The molecule has 12 heteroatoms. The Morgan fingerprint density at radius 2 is 1.40 bits per heavy atom. The van der Waals surface area contributed by atoms with Gasteiger partial charge in [-0.2, -0.15) is 0 Å². The van der Waals surface area contributed by atoms with Crippen LogP contribution >= 0.6 is 23.2 Å². The van der Waals surface area contributed by atoms with E-state index in [4.69, 9.17) is 32.7 Å². The first-order valence-corrected chi connectivity index (χ1v) is 17.3. The van der Waals surface area contributed by atoms with Crippen LogP contribution in [0.3, 0.4) is 0 Å². The number of anilines is 1. The Balaban J connectivity index is 1.88. The number of amides is 2. The fourth-order valence-electron chi connectivity index (χ4n) is 5.09. The van der Waals surface area contributed by atoms with Gasteiger partial charge in [-0.1, -0.05) is 77.8 Å². The number of ether oxygens (including phenoxy) is 2. The fraction of sp³-hybridized carbons (Fsp3) is 0.278. The molecule has 1 atom stereocenters. The van der Waals surface area contributed by atoms with Crippen LogP contribution in [0, 0.1) is 0 Å². The van der Waals surface area contributed by atoms with E-state index in [1.165, 1.54) is 43.4 Å². The lowest BCUT2D eigenvalue weighted by Crippen LogP contribution is -2.56. The summed E-state index contributed by atoms with van der Waals surface area (Å²) in [5, 5.41) is 3.59. The van der Waals surface area contributed by atoms with E-state index in [1.54, 1.807) is 42.5 Å². The van der Waals surface area contributed by atoms with Crippen LogP contribution in [0.2, 0.25) is 10.0 Å². The average molecular weight is 713 g/mol. The molecule has 0 fully saturated rings. The molecule has 0 aliphatic rings. The van der Waals surface area contributed by atoms with Gasteiger partial charge in [0.05, 0.1) is 24.8 Å². The van der Waals surface area contributed by atoms with Crippen molar-refractivity contribution in [2.45, 2.75) is 50.2 Å². The largest absolute Gasteiger partial charge is 0.493 e. The van der Waals surface area contributed by atoms with E-state index in [9.17, 15) is 18.0 Å². The Bertz CT molecular complexity index is 1810. The molecule has 0 radical (unpaired) electrons. The molecular weight excluding hydrogens is 673 g/mol. The number of benzene rings is 4. The Morgan fingerprint density at radius 3 is 1.96 bits per heavy atom. The summed E-state index contributed by atoms with van der Waals surface area (Å²) in [4.78, 5) is 30.1. The quantitative estimate of drug-likeness (QED) is 0.164. The van der Waals surface area contributed by atoms with E-state index in [1.807, 2.05) is 51.1 Å². The third kappa shape index (κ3) is 9.00. The topological polar surface area (TPSA) is 105 Å². The zero-order chi connectivity index (χ0) is 35.1. The molecule has 1 unspecified atom stereocenters. The number of carbonyl (C=O) groups excluding carboxylic acids is 2. The Labute approximate surface area is 292 Å². The zero-order valence-electron chi connectivity index (χ0n) is 27.4. The van der Waals surface area contributed by atoms with Crippen molar-refractivity contribution < 1.29 is 27.5 Å². The maximum atomic E-state index is 14.7. The molecule has 0 saturated heterocycles. The molecule has 0 saturated carbocycles. The summed E-state index contributed by atoms with van der Waals surface area (Å²) in [5.41, 5.74) is 0.729. The third-order valence-corrected chi connectivity index (χ3v) is 9.92. The summed E-state index contributed by atoms with van der Waals surface area (Å²) < 4.78 is 40.3.